The van der Waals surface area contributed by atoms with Crippen LogP contribution in [-0.4, -0.2) is 40.5 Å². The van der Waals surface area contributed by atoms with E-state index in [9.17, 15) is 9.59 Å². The number of methoxy groups -OCH3 is 1. The molecule has 3 fully saturated rings. The highest BCUT2D eigenvalue weighted by atomic mass is 32.2. The number of nitrogens with zero attached hydrogens (tertiary/aromatic N) is 1. The molecule has 2 saturated heterocycles. The standard InChI is InChI=1S/C19H24N2O3S/c1-19-10-9-16(22)21(19)15(11-25-19)18(23)20-17(12-3-4-12)13-5-7-14(24-2)8-6-13/h5-8,12,15,17H,3-4,9-11H2,1-2H3,(H,20,23)/t15-,17-,19-/m1/s1. The van der Waals surface area contributed by atoms with Gasteiger partial charge in [-0.1, -0.05) is 12.1 Å². The van der Waals surface area contributed by atoms with Gasteiger partial charge in [0.1, 0.15) is 11.8 Å². The third kappa shape index (κ3) is 3.01. The zero-order chi connectivity index (χ0) is 17.6. The molecule has 25 heavy (non-hydrogen) atoms. The summed E-state index contributed by atoms with van der Waals surface area (Å²) in [6.45, 7) is 2.08. The van der Waals surface area contributed by atoms with Crippen molar-refractivity contribution in [3.63, 3.8) is 0 Å². The van der Waals surface area contributed by atoms with Crippen molar-refractivity contribution >= 4 is 23.6 Å². The fraction of sp³-hybridized carbons (Fsp3) is 0.579. The highest BCUT2D eigenvalue weighted by Crippen LogP contribution is 2.48. The Bertz CT molecular complexity index is 688. The van der Waals surface area contributed by atoms with Crippen LogP contribution < -0.4 is 10.1 Å². The van der Waals surface area contributed by atoms with E-state index >= 15 is 0 Å². The van der Waals surface area contributed by atoms with E-state index in [-0.39, 0.29) is 28.8 Å². The molecule has 6 heteroatoms. The number of thioether (sulfide) groups is 1. The van der Waals surface area contributed by atoms with E-state index in [2.05, 4.69) is 12.2 Å². The summed E-state index contributed by atoms with van der Waals surface area (Å²) in [5.74, 6) is 2.09. The molecule has 2 aliphatic heterocycles. The van der Waals surface area contributed by atoms with Crippen LogP contribution in [0.25, 0.3) is 0 Å². The second-order valence-electron chi connectivity index (χ2n) is 7.36. The molecule has 1 N–H and O–H groups in total. The zero-order valence-corrected chi connectivity index (χ0v) is 15.5. The summed E-state index contributed by atoms with van der Waals surface area (Å²) in [7, 11) is 1.65. The van der Waals surface area contributed by atoms with Crippen LogP contribution in [0.4, 0.5) is 0 Å². The topological polar surface area (TPSA) is 58.6 Å². The predicted molar refractivity (Wildman–Crippen MR) is 97.3 cm³/mol. The Balaban J connectivity index is 1.50. The quantitative estimate of drug-likeness (QED) is 0.877. The van der Waals surface area contributed by atoms with Crippen molar-refractivity contribution in [2.75, 3.05) is 12.9 Å². The van der Waals surface area contributed by atoms with E-state index < -0.39 is 0 Å². The minimum atomic E-state index is -0.343. The highest BCUT2D eigenvalue weighted by Gasteiger charge is 2.53. The van der Waals surface area contributed by atoms with Gasteiger partial charge in [-0.25, -0.2) is 0 Å². The van der Waals surface area contributed by atoms with Crippen LogP contribution in [0.2, 0.25) is 0 Å². The Hall–Kier alpha value is -1.69. The third-order valence-corrected chi connectivity index (χ3v) is 7.12. The van der Waals surface area contributed by atoms with E-state index in [1.807, 2.05) is 29.2 Å². The predicted octanol–water partition coefficient (Wildman–Crippen LogP) is 2.72. The van der Waals surface area contributed by atoms with Crippen molar-refractivity contribution in [2.45, 2.75) is 49.6 Å². The van der Waals surface area contributed by atoms with Gasteiger partial charge < -0.3 is 15.0 Å². The van der Waals surface area contributed by atoms with E-state index in [0.29, 0.717) is 18.1 Å². The monoisotopic (exact) mass is 360 g/mol. The van der Waals surface area contributed by atoms with Crippen molar-refractivity contribution in [1.29, 1.82) is 0 Å². The summed E-state index contributed by atoms with van der Waals surface area (Å²) in [4.78, 5) is 26.9. The molecule has 5 nitrogen and oxygen atoms in total. The molecule has 1 aromatic carbocycles. The van der Waals surface area contributed by atoms with Gasteiger partial charge in [0.05, 0.1) is 18.0 Å². The molecule has 2 heterocycles. The Morgan fingerprint density at radius 2 is 2.08 bits per heavy atom. The van der Waals surface area contributed by atoms with E-state index in [1.54, 1.807) is 18.9 Å². The third-order valence-electron chi connectivity index (χ3n) is 5.61. The van der Waals surface area contributed by atoms with Gasteiger partial charge in [-0.05, 0) is 49.8 Å². The number of hydrogen-bond donors (Lipinski definition) is 1. The molecule has 3 aliphatic rings. The number of fused-ring (bicyclic) bond motifs is 1. The van der Waals surface area contributed by atoms with Crippen LogP contribution >= 0.6 is 11.8 Å². The molecule has 1 aromatic rings. The van der Waals surface area contributed by atoms with Crippen LogP contribution in [0.15, 0.2) is 24.3 Å². The summed E-state index contributed by atoms with van der Waals surface area (Å²) in [6, 6.07) is 7.59. The second kappa shape index (κ2) is 6.24. The summed E-state index contributed by atoms with van der Waals surface area (Å²) in [6.07, 6.45) is 3.66. The number of carbonyl (C=O) groups is 2. The average Bonchev–Trinajstić information content (AvgIpc) is 3.34. The lowest BCUT2D eigenvalue weighted by Gasteiger charge is -2.31. The number of hydrogen-bond acceptors (Lipinski definition) is 4. The Morgan fingerprint density at radius 3 is 2.72 bits per heavy atom. The largest absolute Gasteiger partial charge is 0.497 e. The summed E-state index contributed by atoms with van der Waals surface area (Å²) >= 11 is 1.74. The van der Waals surface area contributed by atoms with Crippen LogP contribution in [0.5, 0.6) is 5.75 Å². The molecule has 2 amide bonds. The molecule has 4 rings (SSSR count). The Morgan fingerprint density at radius 1 is 1.36 bits per heavy atom. The second-order valence-corrected chi connectivity index (χ2v) is 8.86. The van der Waals surface area contributed by atoms with Gasteiger partial charge in [-0.3, -0.25) is 9.59 Å². The zero-order valence-electron chi connectivity index (χ0n) is 14.7. The summed E-state index contributed by atoms with van der Waals surface area (Å²) < 4.78 is 5.22. The average molecular weight is 360 g/mol. The van der Waals surface area contributed by atoms with E-state index in [1.165, 1.54) is 0 Å². The number of benzene rings is 1. The lowest BCUT2D eigenvalue weighted by Crippen LogP contribution is -2.50. The SMILES string of the molecule is COc1ccc([C@H](NC(=O)[C@H]2CS[C@]3(C)CCC(=O)N23)C2CC2)cc1. The first-order valence-corrected chi connectivity index (χ1v) is 9.91. The molecular weight excluding hydrogens is 336 g/mol. The maximum atomic E-state index is 13.0. The molecule has 0 spiro atoms. The van der Waals surface area contributed by atoms with Crippen molar-refractivity contribution in [3.05, 3.63) is 29.8 Å². The van der Waals surface area contributed by atoms with Crippen molar-refractivity contribution in [2.24, 2.45) is 5.92 Å². The minimum Gasteiger partial charge on any atom is -0.497 e. The number of ether oxygens (including phenoxy) is 1. The lowest BCUT2D eigenvalue weighted by atomic mass is 10.0. The summed E-state index contributed by atoms with van der Waals surface area (Å²) in [5, 5.41) is 3.24. The molecular formula is C19H24N2O3S. The first kappa shape index (κ1) is 16.8. The van der Waals surface area contributed by atoms with Gasteiger partial charge in [0.15, 0.2) is 0 Å². The molecule has 1 saturated carbocycles. The first-order valence-electron chi connectivity index (χ1n) is 8.92. The van der Waals surface area contributed by atoms with Crippen LogP contribution in [-0.2, 0) is 9.59 Å². The maximum Gasteiger partial charge on any atom is 0.244 e. The number of amides is 2. The first-order chi connectivity index (χ1) is 12.0. The number of carbonyl (C=O) groups excluding carboxylic acids is 2. The van der Waals surface area contributed by atoms with E-state index in [0.717, 1.165) is 30.6 Å². The molecule has 3 atom stereocenters. The summed E-state index contributed by atoms with van der Waals surface area (Å²) in [5.41, 5.74) is 1.11. The molecule has 0 aromatic heterocycles. The van der Waals surface area contributed by atoms with Gasteiger partial charge >= 0.3 is 0 Å². The van der Waals surface area contributed by atoms with Crippen molar-refractivity contribution < 1.29 is 14.3 Å². The normalized spacial score (nSPS) is 29.4. The van der Waals surface area contributed by atoms with Crippen molar-refractivity contribution in [3.8, 4) is 5.75 Å². The number of rotatable bonds is 5. The van der Waals surface area contributed by atoms with Crippen molar-refractivity contribution in [1.82, 2.24) is 10.2 Å². The smallest absolute Gasteiger partial charge is 0.244 e. The highest BCUT2D eigenvalue weighted by molar-refractivity contribution is 8.01. The molecule has 0 bridgehead atoms. The lowest BCUT2D eigenvalue weighted by molar-refractivity contribution is -0.138. The molecule has 0 unspecified atom stereocenters. The molecule has 1 aliphatic carbocycles. The Kier molecular flexibility index (Phi) is 4.18. The molecule has 134 valence electrons. The van der Waals surface area contributed by atoms with E-state index in [4.69, 9.17) is 4.74 Å². The van der Waals surface area contributed by atoms with Gasteiger partial charge in [0.25, 0.3) is 0 Å². The van der Waals surface area contributed by atoms with Crippen LogP contribution in [0.1, 0.15) is 44.2 Å². The maximum absolute atomic E-state index is 13.0. The minimum absolute atomic E-state index is 0.0146. The van der Waals surface area contributed by atoms with Gasteiger partial charge in [-0.15, -0.1) is 11.8 Å². The van der Waals surface area contributed by atoms with Crippen LogP contribution in [0, 0.1) is 5.92 Å². The van der Waals surface area contributed by atoms with Crippen LogP contribution in [0.3, 0.4) is 0 Å². The fourth-order valence-electron chi connectivity index (χ4n) is 3.98. The Labute approximate surface area is 152 Å². The fourth-order valence-corrected chi connectivity index (χ4v) is 5.41. The van der Waals surface area contributed by atoms with Gasteiger partial charge in [0, 0.05) is 12.2 Å². The number of nitrogens with one attached hydrogen (secondary N) is 1. The van der Waals surface area contributed by atoms with Gasteiger partial charge in [0.2, 0.25) is 11.8 Å². The van der Waals surface area contributed by atoms with Gasteiger partial charge in [-0.2, -0.15) is 0 Å². The molecule has 0 radical (unpaired) electrons.